The van der Waals surface area contributed by atoms with Gasteiger partial charge in [-0.3, -0.25) is 0 Å². The minimum atomic E-state index is 0.645. The normalized spacial score (nSPS) is 10.8. The highest BCUT2D eigenvalue weighted by atomic mass is 79.9. The highest BCUT2D eigenvalue weighted by Gasteiger charge is 2.07. The molecule has 0 atom stereocenters. The molecule has 0 N–H and O–H groups in total. The molecule has 20 heavy (non-hydrogen) atoms. The lowest BCUT2D eigenvalue weighted by atomic mass is 10.1. The number of hydrogen-bond acceptors (Lipinski definition) is 2. The van der Waals surface area contributed by atoms with Crippen molar-refractivity contribution >= 4 is 15.9 Å². The summed E-state index contributed by atoms with van der Waals surface area (Å²) >= 11 is 3.47. The van der Waals surface area contributed by atoms with E-state index >= 15 is 0 Å². The van der Waals surface area contributed by atoms with Gasteiger partial charge in [0.15, 0.2) is 0 Å². The molecule has 0 aliphatic rings. The van der Waals surface area contributed by atoms with Gasteiger partial charge in [-0.2, -0.15) is 0 Å². The van der Waals surface area contributed by atoms with Crippen molar-refractivity contribution in [2.24, 2.45) is 5.92 Å². The first-order chi connectivity index (χ1) is 9.66. The Balaban J connectivity index is 2.05. The van der Waals surface area contributed by atoms with E-state index in [0.29, 0.717) is 18.4 Å². The molecular formula is C17H19BrNO. The third-order valence-corrected chi connectivity index (χ3v) is 3.53. The second kappa shape index (κ2) is 7.44. The fraction of sp³-hybridized carbons (Fsp3) is 0.353. The Bertz CT molecular complexity index is 540. The van der Waals surface area contributed by atoms with Crippen LogP contribution in [0.3, 0.4) is 0 Å². The van der Waals surface area contributed by atoms with E-state index in [0.717, 1.165) is 22.2 Å². The molecule has 0 amide bonds. The van der Waals surface area contributed by atoms with Crippen molar-refractivity contribution in [2.45, 2.75) is 26.7 Å². The molecule has 1 aromatic heterocycles. The lowest BCUT2D eigenvalue weighted by Gasteiger charge is -2.10. The molecule has 105 valence electrons. The van der Waals surface area contributed by atoms with E-state index in [1.165, 1.54) is 6.42 Å². The van der Waals surface area contributed by atoms with Crippen LogP contribution >= 0.6 is 15.9 Å². The van der Waals surface area contributed by atoms with Gasteiger partial charge in [0.25, 0.3) is 0 Å². The Hall–Kier alpha value is -1.35. The summed E-state index contributed by atoms with van der Waals surface area (Å²) in [6.07, 6.45) is 2.22. The molecule has 1 heterocycles. The van der Waals surface area contributed by atoms with Crippen LogP contribution in [0.1, 0.15) is 26.7 Å². The number of hydrogen-bond donors (Lipinski definition) is 0. The van der Waals surface area contributed by atoms with Gasteiger partial charge in [-0.1, -0.05) is 44.2 Å². The van der Waals surface area contributed by atoms with Crippen molar-refractivity contribution in [3.05, 3.63) is 46.9 Å². The average Bonchev–Trinajstić information content (AvgIpc) is 2.46. The van der Waals surface area contributed by atoms with Gasteiger partial charge in [0.2, 0.25) is 5.88 Å². The molecule has 2 aromatic rings. The number of rotatable bonds is 6. The van der Waals surface area contributed by atoms with Gasteiger partial charge in [0.1, 0.15) is 0 Å². The zero-order valence-electron chi connectivity index (χ0n) is 11.9. The van der Waals surface area contributed by atoms with Gasteiger partial charge in [-0.15, -0.1) is 0 Å². The average molecular weight is 333 g/mol. The maximum Gasteiger partial charge on any atom is 0.228 e. The van der Waals surface area contributed by atoms with E-state index < -0.39 is 0 Å². The standard InChI is InChI=1S/C17H19BrNO/c1-13(2)7-6-12-20-17-15(18)10-11-16(19-17)14-8-4-3-5-9-14/h3-5,8-10,13H,6-7,12H2,1-2H3. The third-order valence-electron chi connectivity index (χ3n) is 2.97. The number of ether oxygens (including phenoxy) is 1. The Morgan fingerprint density at radius 2 is 2.00 bits per heavy atom. The molecule has 0 saturated carbocycles. The maximum absolute atomic E-state index is 5.77. The van der Waals surface area contributed by atoms with Crippen LogP contribution in [0.15, 0.2) is 40.9 Å². The Labute approximate surface area is 129 Å². The van der Waals surface area contributed by atoms with Crippen LogP contribution in [0.4, 0.5) is 0 Å². The summed E-state index contributed by atoms with van der Waals surface area (Å²) in [4.78, 5) is 4.53. The molecule has 0 aliphatic carbocycles. The van der Waals surface area contributed by atoms with Gasteiger partial charge in [0, 0.05) is 11.6 Å². The van der Waals surface area contributed by atoms with Crippen molar-refractivity contribution in [3.63, 3.8) is 0 Å². The highest BCUT2D eigenvalue weighted by molar-refractivity contribution is 9.10. The van der Waals surface area contributed by atoms with Crippen molar-refractivity contribution < 1.29 is 4.74 Å². The van der Waals surface area contributed by atoms with Gasteiger partial charge in [-0.05, 0) is 40.8 Å². The second-order valence-electron chi connectivity index (χ2n) is 5.15. The zero-order valence-corrected chi connectivity index (χ0v) is 13.5. The number of nitrogens with zero attached hydrogens (tertiary/aromatic N) is 1. The van der Waals surface area contributed by atoms with Gasteiger partial charge < -0.3 is 4.74 Å². The van der Waals surface area contributed by atoms with Crippen LogP contribution < -0.4 is 4.74 Å². The quantitative estimate of drug-likeness (QED) is 0.684. The first-order valence-corrected chi connectivity index (χ1v) is 7.72. The molecule has 0 fully saturated rings. The molecule has 2 nitrogen and oxygen atoms in total. The Morgan fingerprint density at radius 1 is 1.25 bits per heavy atom. The number of halogens is 1. The van der Waals surface area contributed by atoms with Crippen LogP contribution in [0, 0.1) is 12.0 Å². The summed E-state index contributed by atoms with van der Waals surface area (Å²) in [6.45, 7) is 5.14. The molecular weight excluding hydrogens is 314 g/mol. The number of pyridine rings is 1. The molecule has 1 radical (unpaired) electrons. The molecule has 0 unspecified atom stereocenters. The largest absolute Gasteiger partial charge is 0.477 e. The van der Waals surface area contributed by atoms with Crippen LogP contribution in [0.2, 0.25) is 0 Å². The minimum absolute atomic E-state index is 0.645. The summed E-state index contributed by atoms with van der Waals surface area (Å²) < 4.78 is 6.62. The predicted molar refractivity (Wildman–Crippen MR) is 85.8 cm³/mol. The van der Waals surface area contributed by atoms with Crippen LogP contribution in [0.5, 0.6) is 5.88 Å². The van der Waals surface area contributed by atoms with Crippen molar-refractivity contribution in [3.8, 4) is 17.1 Å². The van der Waals surface area contributed by atoms with Crippen LogP contribution in [-0.2, 0) is 0 Å². The van der Waals surface area contributed by atoms with E-state index in [-0.39, 0.29) is 0 Å². The topological polar surface area (TPSA) is 22.1 Å². The predicted octanol–water partition coefficient (Wildman–Crippen LogP) is 5.13. The summed E-state index contributed by atoms with van der Waals surface area (Å²) in [7, 11) is 0. The van der Waals surface area contributed by atoms with Crippen molar-refractivity contribution in [1.82, 2.24) is 4.98 Å². The Morgan fingerprint density at radius 3 is 2.70 bits per heavy atom. The monoisotopic (exact) mass is 332 g/mol. The number of benzene rings is 1. The van der Waals surface area contributed by atoms with Gasteiger partial charge >= 0.3 is 0 Å². The molecule has 0 saturated heterocycles. The zero-order chi connectivity index (χ0) is 14.4. The molecule has 0 spiro atoms. The van der Waals surface area contributed by atoms with E-state index in [1.54, 1.807) is 0 Å². The van der Waals surface area contributed by atoms with Crippen molar-refractivity contribution in [1.29, 1.82) is 0 Å². The maximum atomic E-state index is 5.77. The molecule has 0 aliphatic heterocycles. The van der Waals surface area contributed by atoms with E-state index in [1.807, 2.05) is 36.4 Å². The SMILES string of the molecule is CC(C)CCCOc1nc(-c2ccccc2)[c]cc1Br. The molecule has 2 rings (SSSR count). The summed E-state index contributed by atoms with van der Waals surface area (Å²) in [5.74, 6) is 1.35. The molecule has 1 aromatic carbocycles. The minimum Gasteiger partial charge on any atom is -0.477 e. The smallest absolute Gasteiger partial charge is 0.228 e. The van der Waals surface area contributed by atoms with Crippen LogP contribution in [0.25, 0.3) is 11.3 Å². The molecule has 0 bridgehead atoms. The fourth-order valence-electron chi connectivity index (χ4n) is 1.89. The van der Waals surface area contributed by atoms with E-state index in [9.17, 15) is 0 Å². The summed E-state index contributed by atoms with van der Waals surface area (Å²) in [5.41, 5.74) is 1.86. The van der Waals surface area contributed by atoms with Crippen molar-refractivity contribution in [2.75, 3.05) is 6.61 Å². The number of aromatic nitrogens is 1. The third kappa shape index (κ3) is 4.34. The van der Waals surface area contributed by atoms with E-state index in [4.69, 9.17) is 4.74 Å². The lowest BCUT2D eigenvalue weighted by Crippen LogP contribution is -2.02. The first kappa shape index (κ1) is 15.0. The second-order valence-corrected chi connectivity index (χ2v) is 6.01. The van der Waals surface area contributed by atoms with Gasteiger partial charge in [0.05, 0.1) is 16.8 Å². The fourth-order valence-corrected chi connectivity index (χ4v) is 2.20. The summed E-state index contributed by atoms with van der Waals surface area (Å²) in [6, 6.07) is 15.1. The van der Waals surface area contributed by atoms with Crippen LogP contribution in [-0.4, -0.2) is 11.6 Å². The van der Waals surface area contributed by atoms with E-state index in [2.05, 4.69) is 40.8 Å². The first-order valence-electron chi connectivity index (χ1n) is 6.93. The Kier molecular flexibility index (Phi) is 5.60. The lowest BCUT2D eigenvalue weighted by molar-refractivity contribution is 0.285. The van der Waals surface area contributed by atoms with Gasteiger partial charge in [-0.25, -0.2) is 4.98 Å². The summed E-state index contributed by atoms with van der Waals surface area (Å²) in [5, 5.41) is 0. The molecule has 3 heteroatoms. The highest BCUT2D eigenvalue weighted by Crippen LogP contribution is 2.26.